The van der Waals surface area contributed by atoms with Crippen LogP contribution in [-0.4, -0.2) is 19.9 Å². The summed E-state index contributed by atoms with van der Waals surface area (Å²) in [6.07, 6.45) is 1.32. The van der Waals surface area contributed by atoms with Gasteiger partial charge in [0.15, 0.2) is 0 Å². The zero-order valence-electron chi connectivity index (χ0n) is 14.5. The Morgan fingerprint density at radius 1 is 1.24 bits per heavy atom. The Morgan fingerprint density at radius 3 is 2.52 bits per heavy atom. The molecule has 1 aromatic heterocycles. The fourth-order valence-corrected chi connectivity index (χ4v) is 3.91. The summed E-state index contributed by atoms with van der Waals surface area (Å²) in [5, 5.41) is 2.70. The van der Waals surface area contributed by atoms with Crippen molar-refractivity contribution in [1.82, 2.24) is 10.0 Å². The monoisotopic (exact) mass is 365 g/mol. The molecule has 25 heavy (non-hydrogen) atoms. The highest BCUT2D eigenvalue weighted by molar-refractivity contribution is 7.89. The number of rotatable bonds is 6. The Morgan fingerprint density at radius 2 is 1.92 bits per heavy atom. The van der Waals surface area contributed by atoms with Crippen molar-refractivity contribution in [3.8, 4) is 0 Å². The molecule has 1 amide bonds. The Bertz CT molecular complexity index is 851. The van der Waals surface area contributed by atoms with Crippen LogP contribution in [0.5, 0.6) is 0 Å². The standard InChI is InChI=1S/C17H23N3O4S/c1-17(2,3)20-25(22,23)15-7-5-4-6-12(15)10-19-16(21)13-8-14(9-18)24-11-13/h4-8,11,20H,9-10,18H2,1-3H3,(H,19,21). The Balaban J connectivity index is 2.17. The third-order valence-electron chi connectivity index (χ3n) is 3.26. The van der Waals surface area contributed by atoms with Crippen molar-refractivity contribution in [2.24, 2.45) is 5.73 Å². The number of benzene rings is 1. The van der Waals surface area contributed by atoms with Crippen LogP contribution in [-0.2, 0) is 23.1 Å². The summed E-state index contributed by atoms with van der Waals surface area (Å²) in [5.41, 5.74) is 5.68. The van der Waals surface area contributed by atoms with Crippen LogP contribution >= 0.6 is 0 Å². The van der Waals surface area contributed by atoms with Crippen molar-refractivity contribution in [2.45, 2.75) is 44.3 Å². The first-order valence-electron chi connectivity index (χ1n) is 7.80. The summed E-state index contributed by atoms with van der Waals surface area (Å²) in [5.74, 6) is 0.141. The third kappa shape index (κ3) is 5.15. The smallest absolute Gasteiger partial charge is 0.254 e. The van der Waals surface area contributed by atoms with Crippen molar-refractivity contribution < 1.29 is 17.6 Å². The summed E-state index contributed by atoms with van der Waals surface area (Å²) in [6, 6.07) is 8.10. The maximum absolute atomic E-state index is 12.6. The fourth-order valence-electron chi connectivity index (χ4n) is 2.25. The largest absolute Gasteiger partial charge is 0.467 e. The molecule has 1 heterocycles. The molecule has 0 radical (unpaired) electrons. The van der Waals surface area contributed by atoms with Gasteiger partial charge in [0.25, 0.3) is 5.91 Å². The fraction of sp³-hybridized carbons (Fsp3) is 0.353. The number of hydrogen-bond acceptors (Lipinski definition) is 5. The lowest BCUT2D eigenvalue weighted by Gasteiger charge is -2.21. The first kappa shape index (κ1) is 19.2. The van der Waals surface area contributed by atoms with E-state index in [0.717, 1.165) is 0 Å². The van der Waals surface area contributed by atoms with Crippen LogP contribution in [0.25, 0.3) is 0 Å². The summed E-state index contributed by atoms with van der Waals surface area (Å²) in [7, 11) is -3.70. The zero-order chi connectivity index (χ0) is 18.7. The molecule has 8 heteroatoms. The van der Waals surface area contributed by atoms with E-state index in [2.05, 4.69) is 10.0 Å². The average molecular weight is 365 g/mol. The summed E-state index contributed by atoms with van der Waals surface area (Å²) < 4.78 is 32.9. The van der Waals surface area contributed by atoms with E-state index in [1.165, 1.54) is 12.3 Å². The molecule has 2 rings (SSSR count). The molecule has 136 valence electrons. The Labute approximate surface area is 147 Å². The molecule has 0 aliphatic carbocycles. The van der Waals surface area contributed by atoms with Gasteiger partial charge in [-0.25, -0.2) is 13.1 Å². The maximum Gasteiger partial charge on any atom is 0.254 e. The Kier molecular flexibility index (Phi) is 5.66. The SMILES string of the molecule is CC(C)(C)NS(=O)(=O)c1ccccc1CNC(=O)c1coc(CN)c1. The molecular weight excluding hydrogens is 342 g/mol. The summed E-state index contributed by atoms with van der Waals surface area (Å²) in [4.78, 5) is 12.3. The molecule has 0 spiro atoms. The molecule has 1 aromatic carbocycles. The highest BCUT2D eigenvalue weighted by Crippen LogP contribution is 2.18. The molecule has 0 bridgehead atoms. The first-order chi connectivity index (χ1) is 11.6. The second-order valence-corrected chi connectivity index (χ2v) is 8.30. The third-order valence-corrected chi connectivity index (χ3v) is 5.12. The van der Waals surface area contributed by atoms with Crippen molar-refractivity contribution in [1.29, 1.82) is 0 Å². The molecule has 0 saturated heterocycles. The van der Waals surface area contributed by atoms with Gasteiger partial charge in [0.05, 0.1) is 17.0 Å². The van der Waals surface area contributed by atoms with E-state index in [0.29, 0.717) is 16.9 Å². The minimum atomic E-state index is -3.70. The van der Waals surface area contributed by atoms with E-state index in [1.54, 1.807) is 45.0 Å². The summed E-state index contributed by atoms with van der Waals surface area (Å²) in [6.45, 7) is 5.57. The van der Waals surface area contributed by atoms with Gasteiger partial charge in [0.1, 0.15) is 12.0 Å². The second kappa shape index (κ2) is 7.38. The lowest BCUT2D eigenvalue weighted by Crippen LogP contribution is -2.41. The number of nitrogens with one attached hydrogen (secondary N) is 2. The van der Waals surface area contributed by atoms with E-state index in [9.17, 15) is 13.2 Å². The molecule has 4 N–H and O–H groups in total. The maximum atomic E-state index is 12.6. The van der Waals surface area contributed by atoms with Gasteiger partial charge in [-0.3, -0.25) is 4.79 Å². The van der Waals surface area contributed by atoms with Gasteiger partial charge < -0.3 is 15.5 Å². The van der Waals surface area contributed by atoms with Crippen LogP contribution in [0, 0.1) is 0 Å². The van der Waals surface area contributed by atoms with Crippen molar-refractivity contribution in [3.63, 3.8) is 0 Å². The van der Waals surface area contributed by atoms with Crippen LogP contribution < -0.4 is 15.8 Å². The molecular formula is C17H23N3O4S. The van der Waals surface area contributed by atoms with Gasteiger partial charge in [-0.05, 0) is 38.5 Å². The van der Waals surface area contributed by atoms with E-state index in [-0.39, 0.29) is 23.9 Å². The Hall–Kier alpha value is -2.16. The number of furan rings is 1. The van der Waals surface area contributed by atoms with Crippen LogP contribution in [0.15, 0.2) is 45.9 Å². The van der Waals surface area contributed by atoms with Crippen LogP contribution in [0.1, 0.15) is 42.5 Å². The van der Waals surface area contributed by atoms with Gasteiger partial charge in [-0.15, -0.1) is 0 Å². The van der Waals surface area contributed by atoms with Crippen molar-refractivity contribution in [3.05, 3.63) is 53.5 Å². The number of amides is 1. The molecule has 7 nitrogen and oxygen atoms in total. The quantitative estimate of drug-likeness (QED) is 0.721. The van der Waals surface area contributed by atoms with Gasteiger partial charge in [-0.2, -0.15) is 0 Å². The molecule has 0 saturated carbocycles. The van der Waals surface area contributed by atoms with Crippen LogP contribution in [0.2, 0.25) is 0 Å². The number of hydrogen-bond donors (Lipinski definition) is 3. The minimum Gasteiger partial charge on any atom is -0.467 e. The van der Waals surface area contributed by atoms with E-state index >= 15 is 0 Å². The highest BCUT2D eigenvalue weighted by Gasteiger charge is 2.24. The first-order valence-corrected chi connectivity index (χ1v) is 9.28. The van der Waals surface area contributed by atoms with Gasteiger partial charge in [-0.1, -0.05) is 18.2 Å². The van der Waals surface area contributed by atoms with Gasteiger partial charge in [0, 0.05) is 12.1 Å². The minimum absolute atomic E-state index is 0.0726. The second-order valence-electron chi connectivity index (χ2n) is 6.65. The van der Waals surface area contributed by atoms with Gasteiger partial charge >= 0.3 is 0 Å². The normalized spacial score (nSPS) is 12.2. The summed E-state index contributed by atoms with van der Waals surface area (Å²) >= 11 is 0. The average Bonchev–Trinajstić information content (AvgIpc) is 2.99. The predicted octanol–water partition coefficient (Wildman–Crippen LogP) is 1.75. The number of carbonyl (C=O) groups excluding carboxylic acids is 1. The number of carbonyl (C=O) groups is 1. The van der Waals surface area contributed by atoms with E-state index in [4.69, 9.17) is 10.2 Å². The van der Waals surface area contributed by atoms with Crippen molar-refractivity contribution >= 4 is 15.9 Å². The molecule has 0 atom stereocenters. The van der Waals surface area contributed by atoms with E-state index < -0.39 is 15.6 Å². The molecule has 0 fully saturated rings. The highest BCUT2D eigenvalue weighted by atomic mass is 32.2. The topological polar surface area (TPSA) is 114 Å². The molecule has 0 unspecified atom stereocenters. The lowest BCUT2D eigenvalue weighted by molar-refractivity contribution is 0.0950. The van der Waals surface area contributed by atoms with Crippen molar-refractivity contribution in [2.75, 3.05) is 0 Å². The van der Waals surface area contributed by atoms with Crippen LogP contribution in [0.4, 0.5) is 0 Å². The lowest BCUT2D eigenvalue weighted by atomic mass is 10.1. The molecule has 2 aromatic rings. The van der Waals surface area contributed by atoms with Crippen LogP contribution in [0.3, 0.4) is 0 Å². The number of sulfonamides is 1. The molecule has 0 aliphatic rings. The van der Waals surface area contributed by atoms with E-state index in [1.807, 2.05) is 0 Å². The van der Waals surface area contributed by atoms with Gasteiger partial charge in [0.2, 0.25) is 10.0 Å². The molecule has 0 aliphatic heterocycles. The number of nitrogens with two attached hydrogens (primary N) is 1. The zero-order valence-corrected chi connectivity index (χ0v) is 15.3. The predicted molar refractivity (Wildman–Crippen MR) is 94.3 cm³/mol.